The van der Waals surface area contributed by atoms with E-state index in [1.165, 1.54) is 16.6 Å². The van der Waals surface area contributed by atoms with Crippen molar-refractivity contribution in [3.8, 4) is 5.69 Å². The summed E-state index contributed by atoms with van der Waals surface area (Å²) in [5, 5.41) is 13.8. The molecular formula is C22H24N6O2S2. The Bertz CT molecular complexity index is 1240. The van der Waals surface area contributed by atoms with Crippen molar-refractivity contribution >= 4 is 34.7 Å². The van der Waals surface area contributed by atoms with Crippen LogP contribution in [0, 0.1) is 6.92 Å². The molecule has 0 saturated carbocycles. The predicted octanol–water partition coefficient (Wildman–Crippen LogP) is 3.50. The number of rotatable bonds is 9. The normalized spacial score (nSPS) is 11.1. The molecule has 0 unspecified atom stereocenters. The van der Waals surface area contributed by atoms with Crippen molar-refractivity contribution in [2.75, 3.05) is 11.1 Å². The molecule has 1 N–H and O–H groups in total. The van der Waals surface area contributed by atoms with Gasteiger partial charge in [-0.3, -0.25) is 14.3 Å². The van der Waals surface area contributed by atoms with Crippen molar-refractivity contribution in [3.63, 3.8) is 0 Å². The first-order valence-electron chi connectivity index (χ1n) is 10.2. The third kappa shape index (κ3) is 4.86. The van der Waals surface area contributed by atoms with Gasteiger partial charge >= 0.3 is 0 Å². The number of hydrogen-bond donors (Lipinski definition) is 1. The van der Waals surface area contributed by atoms with Gasteiger partial charge in [-0.05, 0) is 36.9 Å². The predicted molar refractivity (Wildman–Crippen MR) is 128 cm³/mol. The van der Waals surface area contributed by atoms with Crippen LogP contribution in [0.1, 0.15) is 17.0 Å². The molecule has 0 aliphatic rings. The number of para-hydroxylation sites is 1. The minimum absolute atomic E-state index is 0.201. The van der Waals surface area contributed by atoms with Crippen LogP contribution in [0.25, 0.3) is 5.69 Å². The molecule has 3 aromatic heterocycles. The molecule has 1 aromatic carbocycles. The number of carbonyl (C=O) groups is 1. The van der Waals surface area contributed by atoms with Crippen molar-refractivity contribution < 1.29 is 4.79 Å². The van der Waals surface area contributed by atoms with Gasteiger partial charge in [0.1, 0.15) is 12.0 Å². The van der Waals surface area contributed by atoms with Crippen molar-refractivity contribution in [1.29, 1.82) is 0 Å². The number of amides is 1. The molecule has 0 spiro atoms. The SMILES string of the molecule is Cc1c(NC(=O)CCSc2nncn2CCc2cccs2)c(=O)n(-c2ccccc2)n1C. The number of thiophene rings is 1. The molecule has 0 saturated heterocycles. The van der Waals surface area contributed by atoms with Crippen LogP contribution >= 0.6 is 23.1 Å². The van der Waals surface area contributed by atoms with Crippen molar-refractivity contribution in [2.45, 2.75) is 31.5 Å². The molecular weight excluding hydrogens is 444 g/mol. The molecule has 32 heavy (non-hydrogen) atoms. The van der Waals surface area contributed by atoms with Gasteiger partial charge in [-0.1, -0.05) is 36.0 Å². The van der Waals surface area contributed by atoms with E-state index in [9.17, 15) is 9.59 Å². The van der Waals surface area contributed by atoms with Crippen molar-refractivity contribution in [1.82, 2.24) is 24.1 Å². The number of nitrogens with one attached hydrogen (secondary N) is 1. The van der Waals surface area contributed by atoms with Gasteiger partial charge in [0.05, 0.1) is 11.4 Å². The van der Waals surface area contributed by atoms with E-state index in [2.05, 4.69) is 27.0 Å². The molecule has 0 bridgehead atoms. The van der Waals surface area contributed by atoms with Crippen LogP contribution in [0.15, 0.2) is 64.1 Å². The van der Waals surface area contributed by atoms with Gasteiger partial charge < -0.3 is 9.88 Å². The van der Waals surface area contributed by atoms with Crippen LogP contribution in [0.3, 0.4) is 0 Å². The highest BCUT2D eigenvalue weighted by Gasteiger charge is 2.18. The maximum absolute atomic E-state index is 12.9. The summed E-state index contributed by atoms with van der Waals surface area (Å²) < 4.78 is 5.30. The van der Waals surface area contributed by atoms with Crippen LogP contribution in [-0.4, -0.2) is 35.8 Å². The first kappa shape index (κ1) is 22.1. The maximum atomic E-state index is 12.9. The fraction of sp³-hybridized carbons (Fsp3) is 0.273. The number of hydrogen-bond acceptors (Lipinski definition) is 6. The van der Waals surface area contributed by atoms with E-state index in [4.69, 9.17) is 0 Å². The Morgan fingerprint density at radius 3 is 2.75 bits per heavy atom. The summed E-state index contributed by atoms with van der Waals surface area (Å²) >= 11 is 3.22. The Morgan fingerprint density at radius 1 is 1.19 bits per heavy atom. The fourth-order valence-electron chi connectivity index (χ4n) is 3.34. The van der Waals surface area contributed by atoms with E-state index in [-0.39, 0.29) is 17.9 Å². The lowest BCUT2D eigenvalue weighted by Gasteiger charge is -2.07. The molecule has 0 radical (unpaired) electrons. The van der Waals surface area contributed by atoms with Gasteiger partial charge in [0, 0.05) is 30.6 Å². The van der Waals surface area contributed by atoms with E-state index in [1.807, 2.05) is 47.9 Å². The number of benzene rings is 1. The fourth-order valence-corrected chi connectivity index (χ4v) is 4.92. The zero-order chi connectivity index (χ0) is 22.5. The van der Waals surface area contributed by atoms with Crippen LogP contribution in [0.2, 0.25) is 0 Å². The Balaban J connectivity index is 1.35. The molecule has 0 atom stereocenters. The van der Waals surface area contributed by atoms with Gasteiger partial charge in [0.2, 0.25) is 5.91 Å². The number of nitrogens with zero attached hydrogens (tertiary/aromatic N) is 5. The minimum Gasteiger partial charge on any atom is -0.320 e. The van der Waals surface area contributed by atoms with Crippen LogP contribution in [0.4, 0.5) is 5.69 Å². The molecule has 4 rings (SSSR count). The van der Waals surface area contributed by atoms with E-state index in [1.54, 1.807) is 34.1 Å². The number of carbonyl (C=O) groups excluding carboxylic acids is 1. The van der Waals surface area contributed by atoms with Crippen LogP contribution < -0.4 is 10.9 Å². The third-order valence-electron chi connectivity index (χ3n) is 5.14. The monoisotopic (exact) mass is 468 g/mol. The Kier molecular flexibility index (Phi) is 6.91. The lowest BCUT2D eigenvalue weighted by Crippen LogP contribution is -2.23. The van der Waals surface area contributed by atoms with Gasteiger partial charge in [-0.2, -0.15) is 0 Å². The van der Waals surface area contributed by atoms with Gasteiger partial charge in [-0.15, -0.1) is 21.5 Å². The zero-order valence-corrected chi connectivity index (χ0v) is 19.5. The van der Waals surface area contributed by atoms with Gasteiger partial charge in [0.25, 0.3) is 5.56 Å². The Morgan fingerprint density at radius 2 is 2.00 bits per heavy atom. The molecule has 0 aliphatic carbocycles. The second kappa shape index (κ2) is 10.0. The molecule has 166 valence electrons. The summed E-state index contributed by atoms with van der Waals surface area (Å²) in [5.74, 6) is 0.343. The molecule has 0 aliphatic heterocycles. The summed E-state index contributed by atoms with van der Waals surface area (Å²) in [6, 6.07) is 13.5. The molecule has 10 heteroatoms. The number of aromatic nitrogens is 5. The first-order valence-corrected chi connectivity index (χ1v) is 12.1. The second-order valence-corrected chi connectivity index (χ2v) is 9.31. The first-order chi connectivity index (χ1) is 15.5. The molecule has 8 nitrogen and oxygen atoms in total. The summed E-state index contributed by atoms with van der Waals surface area (Å²) in [4.78, 5) is 26.8. The third-order valence-corrected chi connectivity index (χ3v) is 7.06. The molecule has 3 heterocycles. The smallest absolute Gasteiger partial charge is 0.295 e. The van der Waals surface area contributed by atoms with E-state index >= 15 is 0 Å². The highest BCUT2D eigenvalue weighted by molar-refractivity contribution is 7.99. The van der Waals surface area contributed by atoms with Crippen molar-refractivity contribution in [3.05, 3.63) is 75.1 Å². The average molecular weight is 469 g/mol. The number of anilines is 1. The second-order valence-electron chi connectivity index (χ2n) is 7.22. The summed E-state index contributed by atoms with van der Waals surface area (Å²) in [6.45, 7) is 2.62. The van der Waals surface area contributed by atoms with Crippen LogP contribution in [0.5, 0.6) is 0 Å². The van der Waals surface area contributed by atoms with E-state index < -0.39 is 0 Å². The standard InChI is InChI=1S/C22H24N6O2S2/c1-16-20(21(30)28(26(16)2)17-7-4-3-5-8-17)24-19(29)11-14-32-22-25-23-15-27(22)12-10-18-9-6-13-31-18/h3-9,13,15H,10-12,14H2,1-2H3,(H,24,29). The average Bonchev–Trinajstić information content (AvgIpc) is 3.51. The highest BCUT2D eigenvalue weighted by Crippen LogP contribution is 2.19. The largest absolute Gasteiger partial charge is 0.320 e. The van der Waals surface area contributed by atoms with Gasteiger partial charge in [-0.25, -0.2) is 4.68 Å². The Labute approximate surface area is 193 Å². The van der Waals surface area contributed by atoms with Crippen molar-refractivity contribution in [2.24, 2.45) is 7.05 Å². The lowest BCUT2D eigenvalue weighted by atomic mass is 10.3. The molecule has 1 amide bonds. The quantitative estimate of drug-likeness (QED) is 0.380. The topological polar surface area (TPSA) is 86.7 Å². The highest BCUT2D eigenvalue weighted by atomic mass is 32.2. The molecule has 4 aromatic rings. The minimum atomic E-state index is -0.245. The van der Waals surface area contributed by atoms with E-state index in [0.29, 0.717) is 17.1 Å². The van der Waals surface area contributed by atoms with Gasteiger partial charge in [0.15, 0.2) is 5.16 Å². The summed E-state index contributed by atoms with van der Waals surface area (Å²) in [5.41, 5.74) is 1.52. The Hall–Kier alpha value is -3.11. The van der Waals surface area contributed by atoms with Crippen LogP contribution in [-0.2, 0) is 24.8 Å². The summed E-state index contributed by atoms with van der Waals surface area (Å²) in [7, 11) is 1.80. The maximum Gasteiger partial charge on any atom is 0.295 e. The number of aryl methyl sites for hydroxylation is 2. The molecule has 0 fully saturated rings. The zero-order valence-electron chi connectivity index (χ0n) is 17.9. The number of thioether (sulfide) groups is 1. The van der Waals surface area contributed by atoms with E-state index in [0.717, 1.165) is 23.8 Å². The summed E-state index contributed by atoms with van der Waals surface area (Å²) in [6.07, 6.45) is 2.90. The lowest BCUT2D eigenvalue weighted by molar-refractivity contribution is -0.115.